The quantitative estimate of drug-likeness (QED) is 0.491. The number of halogens is 2. The molecule has 0 spiro atoms. The summed E-state index contributed by atoms with van der Waals surface area (Å²) in [5, 5.41) is -0.325. The summed E-state index contributed by atoms with van der Waals surface area (Å²) in [5.41, 5.74) is 5.50. The zero-order valence-corrected chi connectivity index (χ0v) is 10.5. The van der Waals surface area contributed by atoms with Crippen LogP contribution in [0.4, 0.5) is 10.1 Å². The van der Waals surface area contributed by atoms with E-state index < -0.39 is 20.7 Å². The summed E-state index contributed by atoms with van der Waals surface area (Å²) in [7, 11) is -3.95. The van der Waals surface area contributed by atoms with Gasteiger partial charge in [0.25, 0.3) is 0 Å². The van der Waals surface area contributed by atoms with Gasteiger partial charge in [0.05, 0.1) is 5.02 Å². The number of benzene rings is 1. The van der Waals surface area contributed by atoms with Crippen LogP contribution in [0.3, 0.4) is 0 Å². The van der Waals surface area contributed by atoms with Crippen molar-refractivity contribution in [3.05, 3.63) is 35.6 Å². The largest absolute Gasteiger partial charge is 0.399 e. The van der Waals surface area contributed by atoms with Gasteiger partial charge >= 0.3 is 0 Å². The van der Waals surface area contributed by atoms with Crippen molar-refractivity contribution in [2.45, 2.75) is 11.3 Å². The smallest absolute Gasteiger partial charge is 0.243 e. The molecule has 1 aromatic rings. The van der Waals surface area contributed by atoms with Crippen molar-refractivity contribution in [3.8, 4) is 0 Å². The zero-order valence-electron chi connectivity index (χ0n) is 8.91. The maximum Gasteiger partial charge on any atom is 0.243 e. The minimum Gasteiger partial charge on any atom is -0.399 e. The summed E-state index contributed by atoms with van der Waals surface area (Å²) < 4.78 is 39.2. The Morgan fingerprint density at radius 1 is 1.53 bits per heavy atom. The Morgan fingerprint density at radius 2 is 2.18 bits per heavy atom. The lowest BCUT2D eigenvalue weighted by Gasteiger charge is -2.08. The van der Waals surface area contributed by atoms with Gasteiger partial charge in [-0.2, -0.15) is 0 Å². The fraction of sp³-hybridized carbons (Fsp3) is 0.200. The molecule has 1 rings (SSSR count). The van der Waals surface area contributed by atoms with Crippen LogP contribution in [0.25, 0.3) is 0 Å². The number of nitrogen functional groups attached to an aromatic ring is 1. The van der Waals surface area contributed by atoms with Gasteiger partial charge in [-0.1, -0.05) is 17.7 Å². The van der Waals surface area contributed by atoms with Gasteiger partial charge in [-0.25, -0.2) is 17.5 Å². The van der Waals surface area contributed by atoms with Crippen LogP contribution in [-0.4, -0.2) is 15.0 Å². The molecule has 0 heterocycles. The van der Waals surface area contributed by atoms with E-state index in [2.05, 4.69) is 11.3 Å². The number of nitrogens with two attached hydrogens (primary N) is 1. The molecule has 17 heavy (non-hydrogen) atoms. The highest BCUT2D eigenvalue weighted by molar-refractivity contribution is 7.89. The van der Waals surface area contributed by atoms with Crippen LogP contribution < -0.4 is 10.5 Å². The summed E-state index contributed by atoms with van der Waals surface area (Å²) in [6, 6.07) is 2.18. The van der Waals surface area contributed by atoms with Crippen LogP contribution in [0.5, 0.6) is 0 Å². The number of sulfonamides is 1. The second-order valence-electron chi connectivity index (χ2n) is 3.29. The van der Waals surface area contributed by atoms with Gasteiger partial charge in [0.1, 0.15) is 4.90 Å². The highest BCUT2D eigenvalue weighted by Crippen LogP contribution is 2.25. The molecule has 4 nitrogen and oxygen atoms in total. The molecule has 1 aromatic carbocycles. The van der Waals surface area contributed by atoms with E-state index in [0.717, 1.165) is 12.1 Å². The van der Waals surface area contributed by atoms with Crippen LogP contribution in [-0.2, 0) is 10.0 Å². The molecule has 0 amide bonds. The van der Waals surface area contributed by atoms with Crippen LogP contribution in [0.2, 0.25) is 5.02 Å². The van der Waals surface area contributed by atoms with E-state index in [-0.39, 0.29) is 17.3 Å². The third kappa shape index (κ3) is 3.42. The fourth-order valence-corrected chi connectivity index (χ4v) is 2.62. The lowest BCUT2D eigenvalue weighted by atomic mass is 10.3. The monoisotopic (exact) mass is 278 g/mol. The molecular formula is C10H12ClFN2O2S. The molecule has 0 bridgehead atoms. The molecule has 7 heteroatoms. The van der Waals surface area contributed by atoms with Gasteiger partial charge in [-0.05, 0) is 18.6 Å². The molecule has 0 aliphatic rings. The second-order valence-corrected chi connectivity index (χ2v) is 5.43. The van der Waals surface area contributed by atoms with E-state index in [1.165, 1.54) is 0 Å². The van der Waals surface area contributed by atoms with Gasteiger partial charge in [-0.15, -0.1) is 6.58 Å². The third-order valence-corrected chi connectivity index (χ3v) is 3.68. The number of rotatable bonds is 5. The zero-order chi connectivity index (χ0) is 13.1. The average molecular weight is 279 g/mol. The minimum atomic E-state index is -3.95. The Morgan fingerprint density at radius 3 is 2.76 bits per heavy atom. The van der Waals surface area contributed by atoms with E-state index in [1.807, 2.05) is 0 Å². The first kappa shape index (κ1) is 14.0. The lowest BCUT2D eigenvalue weighted by molar-refractivity contribution is 0.558. The molecular weight excluding hydrogens is 267 g/mol. The Hall–Kier alpha value is -1.11. The fourth-order valence-electron chi connectivity index (χ4n) is 1.15. The first-order valence-electron chi connectivity index (χ1n) is 4.73. The summed E-state index contributed by atoms with van der Waals surface area (Å²) in [6.07, 6.45) is 1.99. The molecule has 3 N–H and O–H groups in total. The molecule has 0 unspecified atom stereocenters. The molecule has 0 atom stereocenters. The van der Waals surface area contributed by atoms with Crippen LogP contribution in [0, 0.1) is 5.82 Å². The maximum atomic E-state index is 13.6. The summed E-state index contributed by atoms with van der Waals surface area (Å²) >= 11 is 5.52. The molecule has 0 aromatic heterocycles. The number of nitrogens with one attached hydrogen (secondary N) is 1. The van der Waals surface area contributed by atoms with Crippen molar-refractivity contribution in [1.82, 2.24) is 4.72 Å². The first-order valence-corrected chi connectivity index (χ1v) is 6.59. The molecule has 0 saturated carbocycles. The van der Waals surface area contributed by atoms with E-state index in [4.69, 9.17) is 17.3 Å². The Kier molecular flexibility index (Phi) is 4.50. The predicted octanol–water partition coefficient (Wildman–Crippen LogP) is 1.92. The van der Waals surface area contributed by atoms with Gasteiger partial charge < -0.3 is 5.73 Å². The van der Waals surface area contributed by atoms with Gasteiger partial charge in [-0.3, -0.25) is 0 Å². The summed E-state index contributed by atoms with van der Waals surface area (Å²) in [4.78, 5) is -0.549. The second kappa shape index (κ2) is 5.48. The van der Waals surface area contributed by atoms with Crippen LogP contribution in [0.15, 0.2) is 29.7 Å². The SMILES string of the molecule is C=CCCNS(=O)(=O)c1cc(N)cc(Cl)c1F. The minimum absolute atomic E-state index is 0.0838. The highest BCUT2D eigenvalue weighted by atomic mass is 35.5. The van der Waals surface area contributed by atoms with Crippen LogP contribution in [0.1, 0.15) is 6.42 Å². The molecule has 0 saturated heterocycles. The average Bonchev–Trinajstić information content (AvgIpc) is 2.23. The van der Waals surface area contributed by atoms with Gasteiger partial charge in [0.15, 0.2) is 5.82 Å². The maximum absolute atomic E-state index is 13.6. The van der Waals surface area contributed by atoms with Crippen molar-refractivity contribution in [2.75, 3.05) is 12.3 Å². The lowest BCUT2D eigenvalue weighted by Crippen LogP contribution is -2.25. The van der Waals surface area contributed by atoms with Crippen molar-refractivity contribution in [2.24, 2.45) is 0 Å². The van der Waals surface area contributed by atoms with Crippen molar-refractivity contribution >= 4 is 27.3 Å². The van der Waals surface area contributed by atoms with Crippen LogP contribution >= 0.6 is 11.6 Å². The predicted molar refractivity (Wildman–Crippen MR) is 65.8 cm³/mol. The summed E-state index contributed by atoms with van der Waals surface area (Å²) in [6.45, 7) is 3.59. The Balaban J connectivity index is 3.10. The first-order chi connectivity index (χ1) is 7.88. The van der Waals surface area contributed by atoms with Gasteiger partial charge in [0, 0.05) is 12.2 Å². The van der Waals surface area contributed by atoms with Crippen molar-refractivity contribution in [1.29, 1.82) is 0 Å². The number of hydrogen-bond donors (Lipinski definition) is 2. The number of hydrogen-bond acceptors (Lipinski definition) is 3. The van der Waals surface area contributed by atoms with Crippen molar-refractivity contribution < 1.29 is 12.8 Å². The molecule has 94 valence electrons. The van der Waals surface area contributed by atoms with Gasteiger partial charge in [0.2, 0.25) is 10.0 Å². The normalized spacial score (nSPS) is 11.4. The van der Waals surface area contributed by atoms with E-state index in [0.29, 0.717) is 6.42 Å². The molecule has 0 radical (unpaired) electrons. The summed E-state index contributed by atoms with van der Waals surface area (Å²) in [5.74, 6) is -1.01. The topological polar surface area (TPSA) is 72.2 Å². The number of anilines is 1. The standard InChI is InChI=1S/C10H12ClFN2O2S/c1-2-3-4-14-17(15,16)9-6-7(13)5-8(11)10(9)12/h2,5-6,14H,1,3-4,13H2. The van der Waals surface area contributed by atoms with E-state index in [9.17, 15) is 12.8 Å². The highest BCUT2D eigenvalue weighted by Gasteiger charge is 2.21. The Labute approximate surface area is 104 Å². The van der Waals surface area contributed by atoms with E-state index >= 15 is 0 Å². The molecule has 0 aliphatic carbocycles. The van der Waals surface area contributed by atoms with E-state index in [1.54, 1.807) is 6.08 Å². The molecule has 0 aliphatic heterocycles. The Bertz CT molecular complexity index is 531. The molecule has 0 fully saturated rings. The van der Waals surface area contributed by atoms with Crippen molar-refractivity contribution in [3.63, 3.8) is 0 Å². The third-order valence-electron chi connectivity index (χ3n) is 1.95.